The van der Waals surface area contributed by atoms with Gasteiger partial charge in [-0.1, -0.05) is 25.4 Å². The summed E-state index contributed by atoms with van der Waals surface area (Å²) in [6.07, 6.45) is 1.84. The molecule has 0 aliphatic rings. The second kappa shape index (κ2) is 9.17. The first-order chi connectivity index (χ1) is 12.1. The van der Waals surface area contributed by atoms with Crippen LogP contribution in [0.3, 0.4) is 0 Å². The lowest BCUT2D eigenvalue weighted by Gasteiger charge is -2.11. The standard InChI is InChI=1S/C17H22ClN5O2/c1-4-12-13(5-2)22-23-17(21-12)19-9-8-16(24)20-14-10-11(18)6-7-15(14)25-3/h6-7,10H,4-5,8-9H2,1-3H3,(H,20,24)(H,19,21,23). The predicted octanol–water partition coefficient (Wildman–Crippen LogP) is 3.10. The highest BCUT2D eigenvalue weighted by Gasteiger charge is 2.09. The van der Waals surface area contributed by atoms with Gasteiger partial charge >= 0.3 is 0 Å². The molecule has 1 aromatic carbocycles. The normalized spacial score (nSPS) is 10.4. The number of rotatable bonds is 8. The average Bonchev–Trinajstić information content (AvgIpc) is 2.61. The number of aromatic nitrogens is 3. The molecule has 0 unspecified atom stereocenters. The van der Waals surface area contributed by atoms with Crippen LogP contribution in [-0.2, 0) is 17.6 Å². The van der Waals surface area contributed by atoms with Crippen molar-refractivity contribution in [1.82, 2.24) is 15.2 Å². The van der Waals surface area contributed by atoms with Gasteiger partial charge in [-0.25, -0.2) is 4.98 Å². The topological polar surface area (TPSA) is 89.0 Å². The summed E-state index contributed by atoms with van der Waals surface area (Å²) in [6.45, 7) is 4.44. The third kappa shape index (κ3) is 5.29. The van der Waals surface area contributed by atoms with Gasteiger partial charge in [0.2, 0.25) is 11.9 Å². The van der Waals surface area contributed by atoms with E-state index in [0.717, 1.165) is 24.2 Å². The second-order valence-electron chi connectivity index (χ2n) is 5.31. The summed E-state index contributed by atoms with van der Waals surface area (Å²) in [4.78, 5) is 16.5. The number of amides is 1. The fourth-order valence-corrected chi connectivity index (χ4v) is 2.46. The lowest BCUT2D eigenvalue weighted by Crippen LogP contribution is -2.18. The number of halogens is 1. The molecule has 25 heavy (non-hydrogen) atoms. The summed E-state index contributed by atoms with van der Waals surface area (Å²) in [6, 6.07) is 5.06. The van der Waals surface area contributed by atoms with Crippen molar-refractivity contribution in [2.75, 3.05) is 24.3 Å². The third-order valence-corrected chi connectivity index (χ3v) is 3.82. The van der Waals surface area contributed by atoms with Gasteiger partial charge < -0.3 is 15.4 Å². The Labute approximate surface area is 152 Å². The number of nitrogens with one attached hydrogen (secondary N) is 2. The van der Waals surface area contributed by atoms with Crippen molar-refractivity contribution >= 4 is 29.1 Å². The first-order valence-corrected chi connectivity index (χ1v) is 8.54. The summed E-state index contributed by atoms with van der Waals surface area (Å²) in [7, 11) is 1.54. The zero-order valence-corrected chi connectivity index (χ0v) is 15.4. The van der Waals surface area contributed by atoms with Crippen molar-refractivity contribution in [1.29, 1.82) is 0 Å². The van der Waals surface area contributed by atoms with Crippen LogP contribution in [0, 0.1) is 0 Å². The van der Waals surface area contributed by atoms with Crippen molar-refractivity contribution < 1.29 is 9.53 Å². The molecular formula is C17H22ClN5O2. The number of hydrogen-bond acceptors (Lipinski definition) is 6. The zero-order chi connectivity index (χ0) is 18.2. The summed E-state index contributed by atoms with van der Waals surface area (Å²) in [5.74, 6) is 0.824. The summed E-state index contributed by atoms with van der Waals surface area (Å²) >= 11 is 5.95. The van der Waals surface area contributed by atoms with E-state index in [2.05, 4.69) is 25.8 Å². The molecule has 0 aliphatic heterocycles. The third-order valence-electron chi connectivity index (χ3n) is 3.58. The minimum Gasteiger partial charge on any atom is -0.495 e. The molecule has 2 N–H and O–H groups in total. The van der Waals surface area contributed by atoms with Gasteiger partial charge in [0, 0.05) is 18.0 Å². The molecule has 1 heterocycles. The lowest BCUT2D eigenvalue weighted by atomic mass is 10.2. The SMILES string of the molecule is CCc1nnc(NCCC(=O)Nc2cc(Cl)ccc2OC)nc1CC. The molecule has 8 heteroatoms. The molecule has 2 rings (SSSR count). The molecule has 134 valence electrons. The first-order valence-electron chi connectivity index (χ1n) is 8.17. The van der Waals surface area contributed by atoms with Crippen LogP contribution in [0.2, 0.25) is 5.02 Å². The highest BCUT2D eigenvalue weighted by atomic mass is 35.5. The Morgan fingerprint density at radius 3 is 2.64 bits per heavy atom. The maximum absolute atomic E-state index is 12.1. The maximum Gasteiger partial charge on any atom is 0.242 e. The van der Waals surface area contributed by atoms with E-state index in [4.69, 9.17) is 16.3 Å². The van der Waals surface area contributed by atoms with Crippen molar-refractivity contribution in [3.63, 3.8) is 0 Å². The largest absolute Gasteiger partial charge is 0.495 e. The molecule has 2 aromatic rings. The van der Waals surface area contributed by atoms with Crippen LogP contribution in [0.25, 0.3) is 0 Å². The number of carbonyl (C=O) groups is 1. The minimum absolute atomic E-state index is 0.165. The number of methoxy groups -OCH3 is 1. The molecule has 0 radical (unpaired) electrons. The van der Waals surface area contributed by atoms with Crippen molar-refractivity contribution in [2.45, 2.75) is 33.1 Å². The molecular weight excluding hydrogens is 342 g/mol. The quantitative estimate of drug-likeness (QED) is 0.749. The molecule has 0 spiro atoms. The number of aryl methyl sites for hydroxylation is 2. The van der Waals surface area contributed by atoms with Crippen LogP contribution in [0.5, 0.6) is 5.75 Å². The highest BCUT2D eigenvalue weighted by molar-refractivity contribution is 6.31. The Kier molecular flexibility index (Phi) is 6.94. The van der Waals surface area contributed by atoms with E-state index in [1.54, 1.807) is 18.2 Å². The number of benzene rings is 1. The molecule has 0 bridgehead atoms. The van der Waals surface area contributed by atoms with E-state index in [-0.39, 0.29) is 12.3 Å². The molecule has 0 aliphatic carbocycles. The smallest absolute Gasteiger partial charge is 0.242 e. The fourth-order valence-electron chi connectivity index (χ4n) is 2.29. The van der Waals surface area contributed by atoms with E-state index in [9.17, 15) is 4.79 Å². The number of ether oxygens (including phenoxy) is 1. The molecule has 7 nitrogen and oxygen atoms in total. The minimum atomic E-state index is -0.165. The Morgan fingerprint density at radius 2 is 1.96 bits per heavy atom. The molecule has 0 saturated carbocycles. The van der Waals surface area contributed by atoms with Gasteiger partial charge in [0.05, 0.1) is 24.2 Å². The Hall–Kier alpha value is -2.41. The Bertz CT molecular complexity index is 739. The summed E-state index contributed by atoms with van der Waals surface area (Å²) < 4.78 is 5.21. The van der Waals surface area contributed by atoms with Gasteiger partial charge in [-0.2, -0.15) is 5.10 Å². The molecule has 0 atom stereocenters. The summed E-state index contributed by atoms with van der Waals surface area (Å²) in [5.41, 5.74) is 2.37. The number of carbonyl (C=O) groups excluding carboxylic acids is 1. The average molecular weight is 364 g/mol. The van der Waals surface area contributed by atoms with Crippen molar-refractivity contribution in [3.05, 3.63) is 34.6 Å². The molecule has 1 amide bonds. The van der Waals surface area contributed by atoms with Gasteiger partial charge in [0.15, 0.2) is 0 Å². The molecule has 0 saturated heterocycles. The maximum atomic E-state index is 12.1. The van der Waals surface area contributed by atoms with Crippen LogP contribution in [-0.4, -0.2) is 34.7 Å². The van der Waals surface area contributed by atoms with Gasteiger partial charge in [-0.05, 0) is 31.0 Å². The number of nitrogens with zero attached hydrogens (tertiary/aromatic N) is 3. The highest BCUT2D eigenvalue weighted by Crippen LogP contribution is 2.27. The molecule has 1 aromatic heterocycles. The van der Waals surface area contributed by atoms with Crippen molar-refractivity contribution in [2.24, 2.45) is 0 Å². The number of anilines is 2. The van der Waals surface area contributed by atoms with Crippen LogP contribution < -0.4 is 15.4 Å². The van der Waals surface area contributed by atoms with E-state index in [1.165, 1.54) is 7.11 Å². The first kappa shape index (κ1) is 18.9. The van der Waals surface area contributed by atoms with E-state index < -0.39 is 0 Å². The number of hydrogen-bond donors (Lipinski definition) is 2. The van der Waals surface area contributed by atoms with E-state index in [1.807, 2.05) is 13.8 Å². The van der Waals surface area contributed by atoms with Crippen LogP contribution in [0.15, 0.2) is 18.2 Å². The Balaban J connectivity index is 1.90. The second-order valence-corrected chi connectivity index (χ2v) is 5.74. The van der Waals surface area contributed by atoms with Crippen LogP contribution >= 0.6 is 11.6 Å². The van der Waals surface area contributed by atoms with Gasteiger partial charge in [0.25, 0.3) is 0 Å². The monoisotopic (exact) mass is 363 g/mol. The predicted molar refractivity (Wildman–Crippen MR) is 98.3 cm³/mol. The lowest BCUT2D eigenvalue weighted by molar-refractivity contribution is -0.116. The van der Waals surface area contributed by atoms with Crippen LogP contribution in [0.4, 0.5) is 11.6 Å². The zero-order valence-electron chi connectivity index (χ0n) is 14.6. The Morgan fingerprint density at radius 1 is 1.20 bits per heavy atom. The van der Waals surface area contributed by atoms with Gasteiger partial charge in [-0.15, -0.1) is 5.10 Å². The van der Waals surface area contributed by atoms with Gasteiger partial charge in [0.1, 0.15) is 5.75 Å². The van der Waals surface area contributed by atoms with Crippen LogP contribution in [0.1, 0.15) is 31.7 Å². The molecule has 0 fully saturated rings. The summed E-state index contributed by atoms with van der Waals surface area (Å²) in [5, 5.41) is 14.5. The van der Waals surface area contributed by atoms with Crippen molar-refractivity contribution in [3.8, 4) is 5.75 Å². The van der Waals surface area contributed by atoms with E-state index >= 15 is 0 Å². The van der Waals surface area contributed by atoms with Gasteiger partial charge in [-0.3, -0.25) is 4.79 Å². The fraction of sp³-hybridized carbons (Fsp3) is 0.412. The van der Waals surface area contributed by atoms with E-state index in [0.29, 0.717) is 29.0 Å².